The number of carbonyl (C=O) groups excluding carboxylic acids is 2. The molecule has 0 spiro atoms. The minimum Gasteiger partial charge on any atom is -0.384 e. The largest absolute Gasteiger partial charge is 0.384 e. The van der Waals surface area contributed by atoms with Gasteiger partial charge in [0.25, 0.3) is 17.4 Å². The second kappa shape index (κ2) is 11.2. The first-order chi connectivity index (χ1) is 18.4. The highest BCUT2D eigenvalue weighted by Gasteiger charge is 2.33. The van der Waals surface area contributed by atoms with Crippen molar-refractivity contribution in [1.82, 2.24) is 20.2 Å². The van der Waals surface area contributed by atoms with Gasteiger partial charge in [-0.15, -0.1) is 0 Å². The third-order valence-corrected chi connectivity index (χ3v) is 7.43. The van der Waals surface area contributed by atoms with Crippen molar-refractivity contribution in [3.8, 4) is 5.69 Å². The van der Waals surface area contributed by atoms with Crippen LogP contribution in [0.15, 0.2) is 77.9 Å². The van der Waals surface area contributed by atoms with Gasteiger partial charge in [-0.1, -0.05) is 23.7 Å². The molecule has 1 saturated carbocycles. The molecule has 4 aromatic rings. The summed E-state index contributed by atoms with van der Waals surface area (Å²) in [5.74, 6) is -0.158. The van der Waals surface area contributed by atoms with Gasteiger partial charge in [0.05, 0.1) is 5.02 Å². The number of nitrogens with one attached hydrogen (secondary N) is 3. The lowest BCUT2D eigenvalue weighted by Gasteiger charge is -2.37. The Bertz CT molecular complexity index is 1510. The van der Waals surface area contributed by atoms with Crippen molar-refractivity contribution in [2.75, 3.05) is 13.7 Å². The summed E-state index contributed by atoms with van der Waals surface area (Å²) in [6, 6.07) is 16.7. The van der Waals surface area contributed by atoms with Crippen LogP contribution in [0, 0.1) is 5.92 Å². The lowest BCUT2D eigenvalue weighted by atomic mass is 9.82. The fourth-order valence-electron chi connectivity index (χ4n) is 5.13. The number of hydrogen-bond donors (Lipinski definition) is 3. The summed E-state index contributed by atoms with van der Waals surface area (Å²) in [6.45, 7) is 0.595. The number of aromatic nitrogens is 2. The van der Waals surface area contributed by atoms with Gasteiger partial charge in [-0.2, -0.15) is 0 Å². The van der Waals surface area contributed by atoms with Crippen LogP contribution in [0.3, 0.4) is 0 Å². The van der Waals surface area contributed by atoms with Crippen molar-refractivity contribution >= 4 is 34.3 Å². The Morgan fingerprint density at radius 1 is 1.00 bits per heavy atom. The van der Waals surface area contributed by atoms with E-state index in [0.29, 0.717) is 34.9 Å². The Morgan fingerprint density at radius 2 is 1.74 bits per heavy atom. The molecule has 0 aliphatic heterocycles. The highest BCUT2D eigenvalue weighted by Crippen LogP contribution is 2.27. The number of benzene rings is 2. The molecular weight excluding hydrogens is 504 g/mol. The smallest absolute Gasteiger partial charge is 0.255 e. The molecule has 0 radical (unpaired) electrons. The minimum atomic E-state index is -0.263. The van der Waals surface area contributed by atoms with Gasteiger partial charge in [0, 0.05) is 72.0 Å². The zero-order valence-electron chi connectivity index (χ0n) is 20.9. The monoisotopic (exact) mass is 532 g/mol. The number of carbonyl (C=O) groups is 2. The zero-order chi connectivity index (χ0) is 26.6. The number of methoxy groups -OCH3 is 1. The molecule has 196 valence electrons. The molecule has 2 heterocycles. The summed E-state index contributed by atoms with van der Waals surface area (Å²) in [7, 11) is 1.67. The minimum absolute atomic E-state index is 0.145. The maximum absolute atomic E-state index is 13.2. The average Bonchev–Trinajstić information content (AvgIpc) is 3.30. The Labute approximate surface area is 225 Å². The van der Waals surface area contributed by atoms with Gasteiger partial charge in [-0.3, -0.25) is 19.0 Å². The van der Waals surface area contributed by atoms with Crippen molar-refractivity contribution in [1.29, 1.82) is 0 Å². The van der Waals surface area contributed by atoms with Crippen LogP contribution in [0.4, 0.5) is 0 Å². The fraction of sp³-hybridized carbons (Fsp3) is 0.276. The molecule has 2 aromatic carbocycles. The maximum atomic E-state index is 13.2. The van der Waals surface area contributed by atoms with Gasteiger partial charge in [0.1, 0.15) is 0 Å². The van der Waals surface area contributed by atoms with E-state index in [1.54, 1.807) is 68.0 Å². The first kappa shape index (κ1) is 25.8. The van der Waals surface area contributed by atoms with E-state index in [0.717, 1.165) is 23.7 Å². The highest BCUT2D eigenvalue weighted by atomic mass is 35.5. The molecule has 5 rings (SSSR count). The van der Waals surface area contributed by atoms with E-state index < -0.39 is 0 Å². The van der Waals surface area contributed by atoms with E-state index in [9.17, 15) is 14.4 Å². The van der Waals surface area contributed by atoms with Crippen molar-refractivity contribution in [3.63, 3.8) is 0 Å². The summed E-state index contributed by atoms with van der Waals surface area (Å²) >= 11 is 6.17. The summed E-state index contributed by atoms with van der Waals surface area (Å²) < 4.78 is 6.89. The molecule has 0 saturated heterocycles. The number of hydrogen-bond acceptors (Lipinski definition) is 4. The van der Waals surface area contributed by atoms with Crippen LogP contribution >= 0.6 is 11.6 Å². The van der Waals surface area contributed by atoms with E-state index in [4.69, 9.17) is 16.3 Å². The van der Waals surface area contributed by atoms with Crippen LogP contribution in [0.5, 0.6) is 0 Å². The predicted molar refractivity (Wildman–Crippen MR) is 147 cm³/mol. The maximum Gasteiger partial charge on any atom is 0.255 e. The summed E-state index contributed by atoms with van der Waals surface area (Å²) in [4.78, 5) is 41.5. The molecule has 0 bridgehead atoms. The number of aromatic amines is 1. The molecule has 2 aromatic heterocycles. The van der Waals surface area contributed by atoms with Crippen molar-refractivity contribution in [3.05, 3.63) is 99.6 Å². The molecule has 0 unspecified atom stereocenters. The summed E-state index contributed by atoms with van der Waals surface area (Å²) in [5.41, 5.74) is 2.32. The van der Waals surface area contributed by atoms with Crippen molar-refractivity contribution < 1.29 is 14.3 Å². The molecular formula is C29H29ClN4O4. The van der Waals surface area contributed by atoms with Crippen molar-refractivity contribution in [2.45, 2.75) is 31.3 Å². The molecule has 1 aliphatic rings. The van der Waals surface area contributed by atoms with Crippen LogP contribution in [0.25, 0.3) is 16.6 Å². The Balaban J connectivity index is 1.31. The van der Waals surface area contributed by atoms with E-state index in [1.807, 2.05) is 6.07 Å². The first-order valence-electron chi connectivity index (χ1n) is 12.6. The lowest BCUT2D eigenvalue weighted by Crippen LogP contribution is -2.55. The van der Waals surface area contributed by atoms with Crippen LogP contribution in [-0.2, 0) is 4.74 Å². The summed E-state index contributed by atoms with van der Waals surface area (Å²) in [5, 5.41) is 7.73. The molecule has 38 heavy (non-hydrogen) atoms. The number of H-pyrrole nitrogens is 1. The number of fused-ring (bicyclic) bond motifs is 1. The van der Waals surface area contributed by atoms with E-state index in [1.165, 1.54) is 10.6 Å². The number of amides is 2. The molecule has 9 heteroatoms. The van der Waals surface area contributed by atoms with Crippen LogP contribution in [0.1, 0.15) is 40.0 Å². The fourth-order valence-corrected chi connectivity index (χ4v) is 5.35. The van der Waals surface area contributed by atoms with Crippen LogP contribution < -0.4 is 16.2 Å². The number of ether oxygens (including phenoxy) is 1. The SMILES string of the molecule is COC[C@@H]1CC[C@@H](NC(=O)c2ccc3c(Cl)c[nH]c3c2)[C@@H](NC(=O)c2ccc(-n3ccccc3=O)cc2)C1. The van der Waals surface area contributed by atoms with Crippen LogP contribution in [0.2, 0.25) is 5.02 Å². The topological polar surface area (TPSA) is 105 Å². The molecule has 2 amide bonds. The van der Waals surface area contributed by atoms with Gasteiger partial charge in [0.15, 0.2) is 0 Å². The zero-order valence-corrected chi connectivity index (χ0v) is 21.7. The standard InChI is InChI=1S/C29H29ClN4O4/c1-38-17-18-5-12-24(32-29(37)20-8-11-22-23(30)16-31-25(22)15-20)26(14-18)33-28(36)19-6-9-21(10-7-19)34-13-3-2-4-27(34)35/h2-4,6-11,13,15-16,18,24,26,31H,5,12,14,17H2,1H3,(H,32,37)(H,33,36)/t18-,24-,26+/m1/s1. The number of pyridine rings is 1. The van der Waals surface area contributed by atoms with E-state index in [-0.39, 0.29) is 35.4 Å². The summed E-state index contributed by atoms with van der Waals surface area (Å²) in [6.07, 6.45) is 5.67. The number of halogens is 1. The van der Waals surface area contributed by atoms with E-state index in [2.05, 4.69) is 15.6 Å². The quantitative estimate of drug-likeness (QED) is 0.330. The lowest BCUT2D eigenvalue weighted by molar-refractivity contribution is 0.0780. The van der Waals surface area contributed by atoms with Crippen LogP contribution in [-0.4, -0.2) is 47.2 Å². The average molecular weight is 533 g/mol. The van der Waals surface area contributed by atoms with Gasteiger partial charge in [0.2, 0.25) is 0 Å². The number of rotatable bonds is 7. The van der Waals surface area contributed by atoms with Gasteiger partial charge in [-0.25, -0.2) is 0 Å². The van der Waals surface area contributed by atoms with Gasteiger partial charge >= 0.3 is 0 Å². The third kappa shape index (κ3) is 5.51. The van der Waals surface area contributed by atoms with Gasteiger partial charge in [-0.05, 0) is 67.6 Å². The molecule has 3 N–H and O–H groups in total. The van der Waals surface area contributed by atoms with Gasteiger partial charge < -0.3 is 20.4 Å². The molecule has 3 atom stereocenters. The molecule has 1 fully saturated rings. The molecule has 1 aliphatic carbocycles. The molecule has 8 nitrogen and oxygen atoms in total. The number of nitrogens with zero attached hydrogens (tertiary/aromatic N) is 1. The third-order valence-electron chi connectivity index (χ3n) is 7.12. The van der Waals surface area contributed by atoms with Crippen molar-refractivity contribution in [2.24, 2.45) is 5.92 Å². The Hall–Kier alpha value is -3.88. The normalized spacial score (nSPS) is 19.3. The second-order valence-electron chi connectivity index (χ2n) is 9.65. The predicted octanol–water partition coefficient (Wildman–Crippen LogP) is 4.32. The second-order valence-corrected chi connectivity index (χ2v) is 10.1. The van der Waals surface area contributed by atoms with E-state index >= 15 is 0 Å². The Kier molecular flexibility index (Phi) is 7.62. The highest BCUT2D eigenvalue weighted by molar-refractivity contribution is 6.35. The Morgan fingerprint density at radius 3 is 2.50 bits per heavy atom. The first-order valence-corrected chi connectivity index (χ1v) is 13.0.